The van der Waals surface area contributed by atoms with Gasteiger partial charge in [0.05, 0.1) is 9.79 Å². The summed E-state index contributed by atoms with van der Waals surface area (Å²) in [6, 6.07) is 11.3. The molecule has 0 aliphatic heterocycles. The highest BCUT2D eigenvalue weighted by Crippen LogP contribution is 2.20. The zero-order valence-electron chi connectivity index (χ0n) is 16.9. The Bertz CT molecular complexity index is 1060. The van der Waals surface area contributed by atoms with E-state index in [2.05, 4.69) is 4.72 Å². The van der Waals surface area contributed by atoms with Gasteiger partial charge in [-0.25, -0.2) is 21.6 Å². The second kappa shape index (κ2) is 9.06. The van der Waals surface area contributed by atoms with Gasteiger partial charge in [0.1, 0.15) is 0 Å². The highest BCUT2D eigenvalue weighted by Gasteiger charge is 2.20. The smallest absolute Gasteiger partial charge is 0.253 e. The van der Waals surface area contributed by atoms with Crippen LogP contribution in [-0.2, 0) is 19.9 Å². The molecule has 0 spiro atoms. The Hall–Kier alpha value is -2.23. The molecule has 0 fully saturated rings. The fourth-order valence-electron chi connectivity index (χ4n) is 2.84. The van der Waals surface area contributed by atoms with E-state index in [1.807, 2.05) is 13.8 Å². The number of rotatable bonds is 8. The molecular weight excluding hydrogens is 412 g/mol. The number of carbonyl (C=O) groups is 1. The van der Waals surface area contributed by atoms with Gasteiger partial charge in [0, 0.05) is 31.0 Å². The minimum absolute atomic E-state index is 0.0493. The Morgan fingerprint density at radius 2 is 1.38 bits per heavy atom. The second-order valence-corrected chi connectivity index (χ2v) is 10.4. The van der Waals surface area contributed by atoms with E-state index in [-0.39, 0.29) is 15.7 Å². The molecule has 29 heavy (non-hydrogen) atoms. The van der Waals surface area contributed by atoms with Crippen molar-refractivity contribution in [2.24, 2.45) is 0 Å². The number of benzene rings is 2. The van der Waals surface area contributed by atoms with Crippen molar-refractivity contribution in [1.29, 1.82) is 0 Å². The number of hydrogen-bond acceptors (Lipinski definition) is 5. The third-order valence-corrected chi connectivity index (χ3v) is 7.29. The zero-order valence-corrected chi connectivity index (χ0v) is 18.5. The van der Waals surface area contributed by atoms with Crippen LogP contribution < -0.4 is 4.72 Å². The van der Waals surface area contributed by atoms with Crippen LogP contribution in [0.25, 0.3) is 0 Å². The molecule has 0 radical (unpaired) electrons. The monoisotopic (exact) mass is 438 g/mol. The Labute approximate surface area is 172 Å². The van der Waals surface area contributed by atoms with Crippen molar-refractivity contribution in [3.8, 4) is 0 Å². The molecule has 2 rings (SSSR count). The van der Waals surface area contributed by atoms with E-state index in [0.717, 1.165) is 6.26 Å². The normalized spacial score (nSPS) is 13.1. The van der Waals surface area contributed by atoms with Gasteiger partial charge in [-0.15, -0.1) is 0 Å². The molecule has 0 aliphatic rings. The van der Waals surface area contributed by atoms with Gasteiger partial charge >= 0.3 is 0 Å². The van der Waals surface area contributed by atoms with Gasteiger partial charge in [0.15, 0.2) is 9.84 Å². The average molecular weight is 439 g/mol. The van der Waals surface area contributed by atoms with Gasteiger partial charge in [0.2, 0.25) is 10.0 Å². The number of sulfonamides is 1. The lowest BCUT2D eigenvalue weighted by molar-refractivity contribution is 0.0773. The van der Waals surface area contributed by atoms with Crippen LogP contribution >= 0.6 is 0 Å². The van der Waals surface area contributed by atoms with E-state index in [9.17, 15) is 21.6 Å². The second-order valence-electron chi connectivity index (χ2n) is 6.69. The highest BCUT2D eigenvalue weighted by molar-refractivity contribution is 7.90. The Morgan fingerprint density at radius 1 is 0.897 bits per heavy atom. The van der Waals surface area contributed by atoms with Crippen LogP contribution in [0.1, 0.15) is 42.7 Å². The summed E-state index contributed by atoms with van der Waals surface area (Å²) in [4.78, 5) is 14.2. The van der Waals surface area contributed by atoms with Gasteiger partial charge < -0.3 is 4.90 Å². The molecule has 1 N–H and O–H groups in total. The maximum atomic E-state index is 12.7. The zero-order chi connectivity index (χ0) is 21.8. The van der Waals surface area contributed by atoms with Crippen molar-refractivity contribution in [3.63, 3.8) is 0 Å². The number of nitrogens with zero attached hydrogens (tertiary/aromatic N) is 1. The predicted molar refractivity (Wildman–Crippen MR) is 112 cm³/mol. The van der Waals surface area contributed by atoms with Gasteiger partial charge in [0.25, 0.3) is 5.91 Å². The molecule has 0 aliphatic carbocycles. The largest absolute Gasteiger partial charge is 0.339 e. The minimum Gasteiger partial charge on any atom is -0.339 e. The molecule has 9 heteroatoms. The van der Waals surface area contributed by atoms with Crippen LogP contribution in [0, 0.1) is 0 Å². The first-order valence-electron chi connectivity index (χ1n) is 9.21. The Kier molecular flexibility index (Phi) is 7.20. The molecule has 0 saturated heterocycles. The predicted octanol–water partition coefficient (Wildman–Crippen LogP) is 2.61. The molecular formula is C20H26N2O5S2. The third kappa shape index (κ3) is 5.65. The fraction of sp³-hybridized carbons (Fsp3) is 0.350. The molecule has 7 nitrogen and oxygen atoms in total. The number of nitrogens with one attached hydrogen (secondary N) is 1. The summed E-state index contributed by atoms with van der Waals surface area (Å²) >= 11 is 0. The molecule has 0 bridgehead atoms. The lowest BCUT2D eigenvalue weighted by Crippen LogP contribution is -2.30. The van der Waals surface area contributed by atoms with Gasteiger partial charge in [-0.05, 0) is 62.7 Å². The van der Waals surface area contributed by atoms with Crippen LogP contribution in [0.3, 0.4) is 0 Å². The van der Waals surface area contributed by atoms with Crippen molar-refractivity contribution in [1.82, 2.24) is 9.62 Å². The van der Waals surface area contributed by atoms with E-state index in [1.54, 1.807) is 24.0 Å². The SMILES string of the molecule is CCN(CC)C(=O)c1ccc(S(=O)(=O)NC(C)c2ccc(S(C)(=O)=O)cc2)cc1. The first kappa shape index (κ1) is 23.1. The molecule has 1 amide bonds. The first-order chi connectivity index (χ1) is 13.5. The van der Waals surface area contributed by atoms with Crippen LogP contribution in [0.4, 0.5) is 0 Å². The van der Waals surface area contributed by atoms with Crippen LogP contribution in [0.15, 0.2) is 58.3 Å². The van der Waals surface area contributed by atoms with Crippen molar-refractivity contribution >= 4 is 25.8 Å². The Morgan fingerprint density at radius 3 is 1.83 bits per heavy atom. The van der Waals surface area contributed by atoms with Crippen molar-refractivity contribution < 1.29 is 21.6 Å². The summed E-state index contributed by atoms with van der Waals surface area (Å²) in [5.41, 5.74) is 1.06. The van der Waals surface area contributed by atoms with E-state index < -0.39 is 25.9 Å². The molecule has 0 saturated carbocycles. The highest BCUT2D eigenvalue weighted by atomic mass is 32.2. The third-order valence-electron chi connectivity index (χ3n) is 4.60. The molecule has 1 atom stereocenters. The lowest BCUT2D eigenvalue weighted by Gasteiger charge is -2.19. The van der Waals surface area contributed by atoms with E-state index in [4.69, 9.17) is 0 Å². The van der Waals surface area contributed by atoms with Gasteiger partial charge in [-0.2, -0.15) is 0 Å². The molecule has 158 valence electrons. The minimum atomic E-state index is -3.81. The summed E-state index contributed by atoms with van der Waals surface area (Å²) in [6.07, 6.45) is 1.11. The van der Waals surface area contributed by atoms with Crippen LogP contribution in [0.5, 0.6) is 0 Å². The molecule has 2 aromatic carbocycles. The van der Waals surface area contributed by atoms with E-state index in [1.165, 1.54) is 36.4 Å². The van der Waals surface area contributed by atoms with E-state index in [0.29, 0.717) is 24.2 Å². The fourth-order valence-corrected chi connectivity index (χ4v) is 4.71. The quantitative estimate of drug-likeness (QED) is 0.683. The standard InChI is InChI=1S/C20H26N2O5S2/c1-5-22(6-2)20(23)17-9-13-19(14-10-17)29(26,27)21-15(3)16-7-11-18(12-8-16)28(4,24)25/h7-15,21H,5-6H2,1-4H3. The number of sulfone groups is 1. The summed E-state index contributed by atoms with van der Waals surface area (Å²) < 4.78 is 51.0. The molecule has 2 aromatic rings. The van der Waals surface area contributed by atoms with Gasteiger partial charge in [-0.3, -0.25) is 4.79 Å². The van der Waals surface area contributed by atoms with E-state index >= 15 is 0 Å². The molecule has 1 unspecified atom stereocenters. The first-order valence-corrected chi connectivity index (χ1v) is 12.6. The van der Waals surface area contributed by atoms with Crippen molar-refractivity contribution in [2.45, 2.75) is 36.6 Å². The summed E-state index contributed by atoms with van der Waals surface area (Å²) in [7, 11) is -7.13. The summed E-state index contributed by atoms with van der Waals surface area (Å²) in [5.74, 6) is -0.147. The summed E-state index contributed by atoms with van der Waals surface area (Å²) in [6.45, 7) is 6.59. The number of carbonyl (C=O) groups excluding carboxylic acids is 1. The summed E-state index contributed by atoms with van der Waals surface area (Å²) in [5, 5.41) is 0. The lowest BCUT2D eigenvalue weighted by atomic mass is 10.1. The average Bonchev–Trinajstić information content (AvgIpc) is 2.68. The van der Waals surface area contributed by atoms with Crippen molar-refractivity contribution in [2.75, 3.05) is 19.3 Å². The topological polar surface area (TPSA) is 101 Å². The van der Waals surface area contributed by atoms with Gasteiger partial charge in [-0.1, -0.05) is 12.1 Å². The van der Waals surface area contributed by atoms with Crippen LogP contribution in [0.2, 0.25) is 0 Å². The Balaban J connectivity index is 2.17. The van der Waals surface area contributed by atoms with Crippen molar-refractivity contribution in [3.05, 3.63) is 59.7 Å². The molecule has 0 aromatic heterocycles. The van der Waals surface area contributed by atoms with Crippen LogP contribution in [-0.4, -0.2) is 47.0 Å². The maximum Gasteiger partial charge on any atom is 0.253 e. The maximum absolute atomic E-state index is 12.7. The number of amides is 1. The molecule has 0 heterocycles. The number of hydrogen-bond donors (Lipinski definition) is 1.